The molecule has 1 aliphatic carbocycles. The predicted octanol–water partition coefficient (Wildman–Crippen LogP) is 7.26. The van der Waals surface area contributed by atoms with Gasteiger partial charge in [0.2, 0.25) is 0 Å². The number of benzene rings is 4. The monoisotopic (exact) mass is 586 g/mol. The van der Waals surface area contributed by atoms with Gasteiger partial charge in [0.1, 0.15) is 11.5 Å². The van der Waals surface area contributed by atoms with Crippen LogP contribution in [0.25, 0.3) is 34.4 Å². The van der Waals surface area contributed by atoms with Crippen LogP contribution in [0, 0.1) is 0 Å². The van der Waals surface area contributed by atoms with Gasteiger partial charge in [-0.3, -0.25) is 0 Å². The highest BCUT2D eigenvalue weighted by Crippen LogP contribution is 2.52. The molecule has 0 N–H and O–H groups in total. The van der Waals surface area contributed by atoms with E-state index in [-0.39, 0.29) is 17.4 Å². The fraction of sp³-hybridized carbons (Fsp3) is 0.152. The van der Waals surface area contributed by atoms with Crippen molar-refractivity contribution in [3.05, 3.63) is 119 Å². The fourth-order valence-electron chi connectivity index (χ4n) is 5.42. The smallest absolute Gasteiger partial charge is 0.306 e. The molecule has 0 spiro atoms. The molecule has 5 rings (SSSR count). The summed E-state index contributed by atoms with van der Waals surface area (Å²) >= 11 is 0. The molecule has 0 amide bonds. The summed E-state index contributed by atoms with van der Waals surface area (Å²) in [6.07, 6.45) is 9.40. The molecular weight excluding hydrogens is 556 g/mol. The molecule has 210 valence electrons. The Hall–Kier alpha value is -4.14. The molecule has 0 saturated carbocycles. The summed E-state index contributed by atoms with van der Waals surface area (Å²) in [7, 11) is -7.40. The lowest BCUT2D eigenvalue weighted by Gasteiger charge is -2.20. The van der Waals surface area contributed by atoms with Crippen molar-refractivity contribution in [3.8, 4) is 33.8 Å². The Morgan fingerprint density at radius 2 is 1.20 bits per heavy atom. The maximum Gasteiger partial charge on any atom is 0.306 e. The van der Waals surface area contributed by atoms with E-state index in [0.717, 1.165) is 51.5 Å². The molecule has 6 nitrogen and oxygen atoms in total. The van der Waals surface area contributed by atoms with Crippen LogP contribution in [0.4, 0.5) is 0 Å². The zero-order chi connectivity index (χ0) is 29.4. The van der Waals surface area contributed by atoms with Crippen LogP contribution < -0.4 is 8.37 Å². The van der Waals surface area contributed by atoms with Crippen molar-refractivity contribution >= 4 is 32.4 Å². The lowest BCUT2D eigenvalue weighted by molar-refractivity contribution is 0.490. The molecule has 0 bridgehead atoms. The van der Waals surface area contributed by atoms with Crippen LogP contribution in [-0.4, -0.2) is 29.3 Å². The lowest BCUT2D eigenvalue weighted by atomic mass is 9.84. The van der Waals surface area contributed by atoms with Gasteiger partial charge in [-0.2, -0.15) is 16.8 Å². The van der Waals surface area contributed by atoms with Crippen LogP contribution in [0.5, 0.6) is 11.5 Å². The van der Waals surface area contributed by atoms with Crippen molar-refractivity contribution in [1.29, 1.82) is 0 Å². The number of hydrogen-bond donors (Lipinski definition) is 0. The Labute approximate surface area is 241 Å². The van der Waals surface area contributed by atoms with Gasteiger partial charge in [-0.1, -0.05) is 78.9 Å². The molecule has 41 heavy (non-hydrogen) atoms. The van der Waals surface area contributed by atoms with Crippen molar-refractivity contribution in [2.75, 3.05) is 12.5 Å². The van der Waals surface area contributed by atoms with E-state index in [2.05, 4.69) is 24.3 Å². The number of fused-ring (bicyclic) bond motifs is 3. The predicted molar refractivity (Wildman–Crippen MR) is 165 cm³/mol. The summed E-state index contributed by atoms with van der Waals surface area (Å²) in [6.45, 7) is 3.73. The second-order valence-electron chi connectivity index (χ2n) is 9.91. The highest BCUT2D eigenvalue weighted by molar-refractivity contribution is 7.86. The molecule has 0 fully saturated rings. The quantitative estimate of drug-likeness (QED) is 0.178. The molecule has 0 saturated heterocycles. The van der Waals surface area contributed by atoms with Crippen LogP contribution in [0.3, 0.4) is 0 Å². The number of rotatable bonds is 8. The molecular formula is C33H30O6S2. The molecule has 4 aromatic carbocycles. The zero-order valence-corrected chi connectivity index (χ0v) is 24.8. The Morgan fingerprint density at radius 3 is 1.83 bits per heavy atom. The van der Waals surface area contributed by atoms with Gasteiger partial charge in [-0.05, 0) is 77.1 Å². The SMILES string of the molecule is CC=Cc1cc(-c2cccc3c2C(c2ccc(OS(C)(=O)=O)c(C=CC)c2)c2ccccc2-3)ccc1OS(C)(=O)=O. The van der Waals surface area contributed by atoms with Crippen LogP contribution in [0.15, 0.2) is 91.0 Å². The van der Waals surface area contributed by atoms with Crippen molar-refractivity contribution in [1.82, 2.24) is 0 Å². The molecule has 4 aromatic rings. The summed E-state index contributed by atoms with van der Waals surface area (Å²) in [5.74, 6) is 0.400. The first-order valence-electron chi connectivity index (χ1n) is 13.0. The maximum atomic E-state index is 11.9. The molecule has 0 heterocycles. The van der Waals surface area contributed by atoms with Gasteiger partial charge >= 0.3 is 20.2 Å². The molecule has 1 unspecified atom stereocenters. The van der Waals surface area contributed by atoms with E-state index in [9.17, 15) is 16.8 Å². The molecule has 1 aliphatic rings. The van der Waals surface area contributed by atoms with Crippen LogP contribution in [0.1, 0.15) is 47.6 Å². The minimum atomic E-state index is -3.70. The first kappa shape index (κ1) is 28.4. The van der Waals surface area contributed by atoms with Crippen molar-refractivity contribution in [2.24, 2.45) is 0 Å². The van der Waals surface area contributed by atoms with Gasteiger partial charge < -0.3 is 8.37 Å². The minimum Gasteiger partial charge on any atom is -0.382 e. The Kier molecular flexibility index (Phi) is 7.64. The number of allylic oxidation sites excluding steroid dienone is 2. The van der Waals surface area contributed by atoms with Gasteiger partial charge in [-0.15, -0.1) is 0 Å². The van der Waals surface area contributed by atoms with E-state index < -0.39 is 20.2 Å². The third kappa shape index (κ3) is 5.99. The Balaban J connectivity index is 1.72. The van der Waals surface area contributed by atoms with Crippen LogP contribution >= 0.6 is 0 Å². The topological polar surface area (TPSA) is 86.7 Å². The summed E-state index contributed by atoms with van der Waals surface area (Å²) in [5, 5.41) is 0. The summed E-state index contributed by atoms with van der Waals surface area (Å²) < 4.78 is 58.1. The van der Waals surface area contributed by atoms with E-state index in [0.29, 0.717) is 11.1 Å². The summed E-state index contributed by atoms with van der Waals surface area (Å²) in [6, 6.07) is 25.6. The van der Waals surface area contributed by atoms with Crippen molar-refractivity contribution < 1.29 is 25.2 Å². The number of hydrogen-bond acceptors (Lipinski definition) is 6. The van der Waals surface area contributed by atoms with E-state index in [1.54, 1.807) is 12.1 Å². The maximum absolute atomic E-state index is 11.9. The average Bonchev–Trinajstić information content (AvgIpc) is 3.24. The Bertz CT molecular complexity index is 1920. The van der Waals surface area contributed by atoms with Gasteiger partial charge in [-0.25, -0.2) is 0 Å². The second kappa shape index (κ2) is 11.0. The van der Waals surface area contributed by atoms with E-state index in [1.165, 1.54) is 0 Å². The largest absolute Gasteiger partial charge is 0.382 e. The van der Waals surface area contributed by atoms with Gasteiger partial charge in [0.25, 0.3) is 0 Å². The minimum absolute atomic E-state index is 0.134. The van der Waals surface area contributed by atoms with E-state index in [4.69, 9.17) is 8.37 Å². The van der Waals surface area contributed by atoms with E-state index >= 15 is 0 Å². The zero-order valence-electron chi connectivity index (χ0n) is 23.2. The van der Waals surface area contributed by atoms with Gasteiger partial charge in [0.05, 0.1) is 12.5 Å². The fourth-order valence-corrected chi connectivity index (χ4v) is 6.37. The van der Waals surface area contributed by atoms with Crippen LogP contribution in [-0.2, 0) is 20.2 Å². The summed E-state index contributed by atoms with van der Waals surface area (Å²) in [5.41, 5.74) is 8.71. The summed E-state index contributed by atoms with van der Waals surface area (Å²) in [4.78, 5) is 0. The third-order valence-corrected chi connectivity index (χ3v) is 7.78. The second-order valence-corrected chi connectivity index (χ2v) is 13.1. The first-order chi connectivity index (χ1) is 19.5. The van der Waals surface area contributed by atoms with E-state index in [1.807, 2.05) is 80.6 Å². The molecule has 8 heteroatoms. The molecule has 1 atom stereocenters. The van der Waals surface area contributed by atoms with Gasteiger partial charge in [0, 0.05) is 17.0 Å². The third-order valence-electron chi connectivity index (χ3n) is 6.82. The molecule has 0 radical (unpaired) electrons. The van der Waals surface area contributed by atoms with Crippen molar-refractivity contribution in [3.63, 3.8) is 0 Å². The normalized spacial score (nSPS) is 14.8. The average molecular weight is 587 g/mol. The Morgan fingerprint density at radius 1 is 0.634 bits per heavy atom. The van der Waals surface area contributed by atoms with Crippen molar-refractivity contribution in [2.45, 2.75) is 19.8 Å². The first-order valence-corrected chi connectivity index (χ1v) is 16.7. The molecule has 0 aromatic heterocycles. The van der Waals surface area contributed by atoms with Crippen LogP contribution in [0.2, 0.25) is 0 Å². The highest BCUT2D eigenvalue weighted by Gasteiger charge is 2.32. The lowest BCUT2D eigenvalue weighted by Crippen LogP contribution is -2.08. The standard InChI is InChI=1S/C33H30O6S2/c1-5-10-23-20-22(16-18-30(23)38-40(3,34)35)26-14-9-15-29-27-12-7-8-13-28(27)32(33(26)29)25-17-19-31(39-41(4,36)37)24(21-25)11-6-2/h5-21,32H,1-4H3. The van der Waals surface area contributed by atoms with Gasteiger partial charge in [0.15, 0.2) is 0 Å². The molecule has 0 aliphatic heterocycles. The highest BCUT2D eigenvalue weighted by atomic mass is 32.2.